The summed E-state index contributed by atoms with van der Waals surface area (Å²) < 4.78 is 0.422. The number of hydrogen-bond donors (Lipinski definition) is 2. The zero-order valence-corrected chi connectivity index (χ0v) is 12.5. The average Bonchev–Trinajstić information content (AvgIpc) is 2.91. The van der Waals surface area contributed by atoms with Gasteiger partial charge in [-0.15, -0.1) is 15.3 Å². The van der Waals surface area contributed by atoms with E-state index < -0.39 is 10.8 Å². The van der Waals surface area contributed by atoms with E-state index in [2.05, 4.69) is 32.3 Å². The molecule has 2 rings (SSSR count). The predicted molar refractivity (Wildman–Crippen MR) is 83.4 cm³/mol. The average molecular weight is 336 g/mol. The summed E-state index contributed by atoms with van der Waals surface area (Å²) in [6.07, 6.45) is 1.06. The molecule has 1 heterocycles. The summed E-state index contributed by atoms with van der Waals surface area (Å²) >= 11 is 5.93. The summed E-state index contributed by atoms with van der Waals surface area (Å²) in [5.41, 5.74) is -0.0153. The lowest BCUT2D eigenvalue weighted by molar-refractivity contribution is -0.384. The number of nitro benzene ring substituents is 1. The fraction of sp³-hybridized carbons (Fsp3) is 0. The molecule has 2 aromatic rings. The number of hydrogen-bond acceptors (Lipinski definition) is 8. The van der Waals surface area contributed by atoms with Crippen LogP contribution >= 0.6 is 23.6 Å². The SMILES string of the molecule is C=CC(=O)Nc1ccc(N=Nc2n[nH]c(=S)s2)c([N+](=O)[O-])c1. The fourth-order valence-electron chi connectivity index (χ4n) is 1.39. The van der Waals surface area contributed by atoms with Crippen molar-refractivity contribution in [3.63, 3.8) is 0 Å². The second kappa shape index (κ2) is 6.78. The highest BCUT2D eigenvalue weighted by atomic mass is 32.1. The Labute approximate surface area is 132 Å². The van der Waals surface area contributed by atoms with Gasteiger partial charge in [0.1, 0.15) is 0 Å². The van der Waals surface area contributed by atoms with Crippen LogP contribution in [0.3, 0.4) is 0 Å². The van der Waals surface area contributed by atoms with Crippen molar-refractivity contribution >= 4 is 51.7 Å². The van der Waals surface area contributed by atoms with Crippen molar-refractivity contribution in [3.8, 4) is 0 Å². The monoisotopic (exact) mass is 336 g/mol. The first-order chi connectivity index (χ1) is 10.5. The lowest BCUT2D eigenvalue weighted by Crippen LogP contribution is -2.07. The van der Waals surface area contributed by atoms with Crippen LogP contribution in [-0.4, -0.2) is 21.0 Å². The molecule has 2 N–H and O–H groups in total. The molecule has 1 amide bonds. The number of H-pyrrole nitrogens is 1. The summed E-state index contributed by atoms with van der Waals surface area (Å²) in [6, 6.07) is 4.02. The molecule has 11 heteroatoms. The number of nitrogens with zero attached hydrogens (tertiary/aromatic N) is 4. The maximum atomic E-state index is 11.2. The minimum absolute atomic E-state index is 0.0303. The third kappa shape index (κ3) is 3.86. The van der Waals surface area contributed by atoms with Gasteiger partial charge in [-0.05, 0) is 30.4 Å². The molecule has 0 saturated carbocycles. The zero-order chi connectivity index (χ0) is 16.1. The Kier molecular flexibility index (Phi) is 4.80. The van der Waals surface area contributed by atoms with Gasteiger partial charge in [0.05, 0.1) is 4.92 Å². The van der Waals surface area contributed by atoms with E-state index in [1.165, 1.54) is 18.2 Å². The Bertz CT molecular complexity index is 825. The van der Waals surface area contributed by atoms with Gasteiger partial charge in [0, 0.05) is 11.8 Å². The summed E-state index contributed by atoms with van der Waals surface area (Å²) in [6.45, 7) is 3.30. The Balaban J connectivity index is 2.32. The van der Waals surface area contributed by atoms with Crippen molar-refractivity contribution in [2.24, 2.45) is 10.2 Å². The lowest BCUT2D eigenvalue weighted by Gasteiger charge is -2.03. The molecule has 112 valence electrons. The van der Waals surface area contributed by atoms with Gasteiger partial charge >= 0.3 is 0 Å². The van der Waals surface area contributed by atoms with Gasteiger partial charge in [0.15, 0.2) is 9.64 Å². The van der Waals surface area contributed by atoms with Gasteiger partial charge in [-0.1, -0.05) is 17.9 Å². The number of aromatic nitrogens is 2. The smallest absolute Gasteiger partial charge is 0.298 e. The van der Waals surface area contributed by atoms with Crippen molar-refractivity contribution < 1.29 is 9.72 Å². The van der Waals surface area contributed by atoms with Gasteiger partial charge in [-0.25, -0.2) is 0 Å². The first-order valence-corrected chi connectivity index (χ1v) is 6.91. The van der Waals surface area contributed by atoms with E-state index in [0.29, 0.717) is 3.95 Å². The van der Waals surface area contributed by atoms with E-state index in [4.69, 9.17) is 12.2 Å². The van der Waals surface area contributed by atoms with Crippen LogP contribution < -0.4 is 5.32 Å². The molecule has 0 saturated heterocycles. The molecular formula is C11H8N6O3S2. The number of aromatic amines is 1. The number of nitrogens with one attached hydrogen (secondary N) is 2. The van der Waals surface area contributed by atoms with Crippen LogP contribution in [0.2, 0.25) is 0 Å². The molecule has 22 heavy (non-hydrogen) atoms. The molecule has 0 aliphatic heterocycles. The van der Waals surface area contributed by atoms with E-state index >= 15 is 0 Å². The molecule has 0 unspecified atom stereocenters. The van der Waals surface area contributed by atoms with E-state index in [1.54, 1.807) is 0 Å². The van der Waals surface area contributed by atoms with Gasteiger partial charge in [-0.3, -0.25) is 20.0 Å². The van der Waals surface area contributed by atoms with Crippen LogP contribution in [0.4, 0.5) is 22.2 Å². The molecule has 0 atom stereocenters. The molecule has 9 nitrogen and oxygen atoms in total. The van der Waals surface area contributed by atoms with Crippen LogP contribution in [0.5, 0.6) is 0 Å². The Morgan fingerprint density at radius 1 is 1.55 bits per heavy atom. The van der Waals surface area contributed by atoms with Crippen molar-refractivity contribution in [2.75, 3.05) is 5.32 Å². The number of carbonyl (C=O) groups excluding carboxylic acids is 1. The highest BCUT2D eigenvalue weighted by Gasteiger charge is 2.15. The minimum atomic E-state index is -0.621. The van der Waals surface area contributed by atoms with Gasteiger partial charge in [0.2, 0.25) is 11.0 Å². The number of azo groups is 1. The standard InChI is InChI=1S/C11H8N6O3S2/c1-2-9(18)12-6-3-4-7(8(5-6)17(19)20)13-14-10-15-16-11(21)22-10/h2-5H,1H2,(H,12,18)(H,16,21). The van der Waals surface area contributed by atoms with Crippen molar-refractivity contribution in [3.05, 3.63) is 44.9 Å². The largest absolute Gasteiger partial charge is 0.322 e. The molecular weight excluding hydrogens is 328 g/mol. The van der Waals surface area contributed by atoms with E-state index in [9.17, 15) is 14.9 Å². The third-order valence-corrected chi connectivity index (χ3v) is 3.27. The minimum Gasteiger partial charge on any atom is -0.322 e. The maximum Gasteiger partial charge on any atom is 0.298 e. The number of carbonyl (C=O) groups is 1. The van der Waals surface area contributed by atoms with Gasteiger partial charge in [0.25, 0.3) is 5.69 Å². The zero-order valence-electron chi connectivity index (χ0n) is 10.8. The molecule has 0 bridgehead atoms. The quantitative estimate of drug-likeness (QED) is 0.283. The predicted octanol–water partition coefficient (Wildman–Crippen LogP) is 3.65. The van der Waals surface area contributed by atoms with Crippen LogP contribution in [0, 0.1) is 14.1 Å². The Morgan fingerprint density at radius 3 is 2.91 bits per heavy atom. The van der Waals surface area contributed by atoms with Crippen LogP contribution in [0.15, 0.2) is 41.1 Å². The number of amides is 1. The molecule has 1 aromatic heterocycles. The topological polar surface area (TPSA) is 126 Å². The van der Waals surface area contributed by atoms with Crippen molar-refractivity contribution in [1.29, 1.82) is 0 Å². The molecule has 0 aliphatic rings. The Hall–Kier alpha value is -2.79. The van der Waals surface area contributed by atoms with Crippen LogP contribution in [0.25, 0.3) is 0 Å². The molecule has 1 aromatic carbocycles. The number of anilines is 1. The lowest BCUT2D eigenvalue weighted by atomic mass is 10.2. The summed E-state index contributed by atoms with van der Waals surface area (Å²) in [7, 11) is 0. The van der Waals surface area contributed by atoms with Crippen molar-refractivity contribution in [2.45, 2.75) is 0 Å². The van der Waals surface area contributed by atoms with Gasteiger partial charge in [-0.2, -0.15) is 0 Å². The third-order valence-electron chi connectivity index (χ3n) is 2.30. The Morgan fingerprint density at radius 2 is 2.32 bits per heavy atom. The number of benzene rings is 1. The van der Waals surface area contributed by atoms with Crippen LogP contribution in [-0.2, 0) is 4.79 Å². The molecule has 0 spiro atoms. The number of rotatable bonds is 5. The van der Waals surface area contributed by atoms with E-state index in [1.807, 2.05) is 0 Å². The highest BCUT2D eigenvalue weighted by Crippen LogP contribution is 2.32. The van der Waals surface area contributed by atoms with E-state index in [0.717, 1.165) is 17.4 Å². The first kappa shape index (κ1) is 15.6. The summed E-state index contributed by atoms with van der Waals surface area (Å²) in [4.78, 5) is 21.7. The van der Waals surface area contributed by atoms with Crippen LogP contribution in [0.1, 0.15) is 0 Å². The summed E-state index contributed by atoms with van der Waals surface area (Å²) in [5, 5.41) is 27.6. The highest BCUT2D eigenvalue weighted by molar-refractivity contribution is 7.73. The fourth-order valence-corrected chi connectivity index (χ4v) is 2.09. The molecule has 0 aliphatic carbocycles. The second-order valence-electron chi connectivity index (χ2n) is 3.75. The normalized spacial score (nSPS) is 10.5. The number of nitro groups is 1. The second-order valence-corrected chi connectivity index (χ2v) is 5.39. The van der Waals surface area contributed by atoms with Gasteiger partial charge < -0.3 is 5.32 Å². The first-order valence-electron chi connectivity index (χ1n) is 5.68. The maximum absolute atomic E-state index is 11.2. The summed E-state index contributed by atoms with van der Waals surface area (Å²) in [5.74, 6) is -0.472. The van der Waals surface area contributed by atoms with E-state index in [-0.39, 0.29) is 22.2 Å². The molecule has 0 radical (unpaired) electrons. The van der Waals surface area contributed by atoms with Crippen molar-refractivity contribution in [1.82, 2.24) is 10.2 Å². The molecule has 0 fully saturated rings.